The number of piperidine rings is 1. The Hall–Kier alpha value is -0.290. The molecule has 0 saturated carbocycles. The van der Waals surface area contributed by atoms with E-state index in [0.717, 1.165) is 7.11 Å². The van der Waals surface area contributed by atoms with E-state index in [0.29, 0.717) is 13.0 Å². The van der Waals surface area contributed by atoms with E-state index in [1.165, 1.54) is 0 Å². The summed E-state index contributed by atoms with van der Waals surface area (Å²) in [6, 6.07) is 0. The van der Waals surface area contributed by atoms with Crippen molar-refractivity contribution in [1.82, 2.24) is 5.32 Å². The quantitative estimate of drug-likeness (QED) is 0.662. The molecule has 0 spiro atoms. The van der Waals surface area contributed by atoms with Gasteiger partial charge in [-0.25, -0.2) is 0 Å². The van der Waals surface area contributed by atoms with E-state index in [1.54, 1.807) is 0 Å². The summed E-state index contributed by atoms with van der Waals surface area (Å²) in [4.78, 5) is 0. The predicted molar refractivity (Wildman–Crippen MR) is 37.9 cm³/mol. The first-order chi connectivity index (χ1) is 5.52. The van der Waals surface area contributed by atoms with Crippen molar-refractivity contribution < 1.29 is 17.9 Å². The maximum absolute atomic E-state index is 12.4. The molecule has 2 nitrogen and oxygen atoms in total. The summed E-state index contributed by atoms with van der Waals surface area (Å²) < 4.78 is 41.9. The molecule has 12 heavy (non-hydrogen) atoms. The fourth-order valence-electron chi connectivity index (χ4n) is 1.41. The van der Waals surface area contributed by atoms with Crippen molar-refractivity contribution >= 4 is 0 Å². The Balaban J connectivity index is 2.73. The molecule has 0 radical (unpaired) electrons. The first-order valence-electron chi connectivity index (χ1n) is 3.84. The summed E-state index contributed by atoms with van der Waals surface area (Å²) in [5, 5.41) is 2.69. The molecule has 0 aliphatic carbocycles. The fourth-order valence-corrected chi connectivity index (χ4v) is 1.41. The third-order valence-corrected chi connectivity index (χ3v) is 2.25. The molecular formula is C7H12F3NO. The van der Waals surface area contributed by atoms with E-state index in [1.807, 2.05) is 0 Å². The van der Waals surface area contributed by atoms with E-state index >= 15 is 0 Å². The second-order valence-electron chi connectivity index (χ2n) is 2.98. The number of methoxy groups -OCH3 is 1. The highest BCUT2D eigenvalue weighted by molar-refractivity contribution is 4.93. The Morgan fingerprint density at radius 3 is 2.33 bits per heavy atom. The molecule has 0 aromatic rings. The average Bonchev–Trinajstić information content (AvgIpc) is 2.04. The summed E-state index contributed by atoms with van der Waals surface area (Å²) in [5.41, 5.74) is -1.95. The predicted octanol–water partition coefficient (Wildman–Crippen LogP) is 1.32. The molecule has 0 amide bonds. The summed E-state index contributed by atoms with van der Waals surface area (Å²) in [6.45, 7) is 0.508. The molecule has 1 saturated heterocycles. The van der Waals surface area contributed by atoms with Crippen molar-refractivity contribution in [2.24, 2.45) is 0 Å². The molecule has 0 aromatic carbocycles. The zero-order chi connectivity index (χ0) is 9.24. The van der Waals surface area contributed by atoms with Gasteiger partial charge < -0.3 is 10.1 Å². The third kappa shape index (κ3) is 1.56. The Morgan fingerprint density at radius 2 is 2.08 bits per heavy atom. The van der Waals surface area contributed by atoms with Gasteiger partial charge in [0.1, 0.15) is 0 Å². The minimum Gasteiger partial charge on any atom is -0.367 e. The molecule has 0 bridgehead atoms. The molecule has 1 N–H and O–H groups in total. The first kappa shape index (κ1) is 9.80. The Kier molecular flexibility index (Phi) is 2.63. The van der Waals surface area contributed by atoms with Crippen LogP contribution in [0.25, 0.3) is 0 Å². The maximum Gasteiger partial charge on any atom is 0.418 e. The van der Waals surface area contributed by atoms with E-state index in [9.17, 15) is 13.2 Å². The van der Waals surface area contributed by atoms with E-state index in [4.69, 9.17) is 0 Å². The number of hydrogen-bond acceptors (Lipinski definition) is 2. The number of rotatable bonds is 1. The van der Waals surface area contributed by atoms with E-state index in [2.05, 4.69) is 10.1 Å². The average molecular weight is 183 g/mol. The van der Waals surface area contributed by atoms with Crippen LogP contribution in [0.4, 0.5) is 13.2 Å². The smallest absolute Gasteiger partial charge is 0.367 e. The highest BCUT2D eigenvalue weighted by Crippen LogP contribution is 2.37. The highest BCUT2D eigenvalue weighted by Gasteiger charge is 2.55. The fraction of sp³-hybridized carbons (Fsp3) is 1.00. The molecular weight excluding hydrogens is 171 g/mol. The standard InChI is InChI=1S/C7H12F3NO/c1-12-6(7(8,9)10)3-2-4-11-5-6/h11H,2-5H2,1H3. The van der Waals surface area contributed by atoms with Gasteiger partial charge in [0.05, 0.1) is 0 Å². The van der Waals surface area contributed by atoms with E-state index in [-0.39, 0.29) is 13.0 Å². The van der Waals surface area contributed by atoms with Crippen LogP contribution in [0.1, 0.15) is 12.8 Å². The molecule has 1 heterocycles. The molecule has 1 aliphatic heterocycles. The largest absolute Gasteiger partial charge is 0.418 e. The van der Waals surface area contributed by atoms with Crippen molar-refractivity contribution in [1.29, 1.82) is 0 Å². The van der Waals surface area contributed by atoms with Gasteiger partial charge in [-0.1, -0.05) is 0 Å². The normalized spacial score (nSPS) is 32.0. The Bertz CT molecular complexity index is 151. The van der Waals surface area contributed by atoms with Crippen molar-refractivity contribution in [2.75, 3.05) is 20.2 Å². The zero-order valence-corrected chi connectivity index (χ0v) is 6.87. The molecule has 1 aliphatic rings. The van der Waals surface area contributed by atoms with Crippen LogP contribution in [0.15, 0.2) is 0 Å². The van der Waals surface area contributed by atoms with Crippen molar-refractivity contribution in [3.05, 3.63) is 0 Å². The van der Waals surface area contributed by atoms with Crippen LogP contribution < -0.4 is 5.32 Å². The lowest BCUT2D eigenvalue weighted by atomic mass is 9.93. The second-order valence-corrected chi connectivity index (χ2v) is 2.98. The summed E-state index contributed by atoms with van der Waals surface area (Å²) >= 11 is 0. The minimum absolute atomic E-state index is 0.0556. The molecule has 72 valence electrons. The van der Waals surface area contributed by atoms with Gasteiger partial charge in [-0.2, -0.15) is 13.2 Å². The van der Waals surface area contributed by atoms with Crippen molar-refractivity contribution in [3.63, 3.8) is 0 Å². The number of ether oxygens (including phenoxy) is 1. The van der Waals surface area contributed by atoms with Gasteiger partial charge >= 0.3 is 6.18 Å². The number of nitrogens with one attached hydrogen (secondary N) is 1. The van der Waals surface area contributed by atoms with Crippen LogP contribution in [0.2, 0.25) is 0 Å². The van der Waals surface area contributed by atoms with Gasteiger partial charge in [0, 0.05) is 13.7 Å². The topological polar surface area (TPSA) is 21.3 Å². The summed E-state index contributed by atoms with van der Waals surface area (Å²) in [7, 11) is 1.11. The van der Waals surface area contributed by atoms with Gasteiger partial charge in [0.15, 0.2) is 5.60 Å². The van der Waals surface area contributed by atoms with Crippen LogP contribution in [0.3, 0.4) is 0 Å². The lowest BCUT2D eigenvalue weighted by molar-refractivity contribution is -0.273. The SMILES string of the molecule is COC1(C(F)(F)F)CCCNC1. The van der Waals surface area contributed by atoms with Gasteiger partial charge in [-0.3, -0.25) is 0 Å². The van der Waals surface area contributed by atoms with Crippen LogP contribution in [0, 0.1) is 0 Å². The van der Waals surface area contributed by atoms with Crippen LogP contribution >= 0.6 is 0 Å². The lowest BCUT2D eigenvalue weighted by Gasteiger charge is -2.37. The lowest BCUT2D eigenvalue weighted by Crippen LogP contribution is -2.56. The minimum atomic E-state index is -4.27. The monoisotopic (exact) mass is 183 g/mol. The van der Waals surface area contributed by atoms with Crippen LogP contribution in [-0.2, 0) is 4.74 Å². The molecule has 5 heteroatoms. The molecule has 0 aromatic heterocycles. The molecule has 1 fully saturated rings. The maximum atomic E-state index is 12.4. The third-order valence-electron chi connectivity index (χ3n) is 2.25. The van der Waals surface area contributed by atoms with Crippen LogP contribution in [-0.4, -0.2) is 32.0 Å². The Morgan fingerprint density at radius 1 is 1.42 bits per heavy atom. The van der Waals surface area contributed by atoms with Gasteiger partial charge in [-0.05, 0) is 19.4 Å². The zero-order valence-electron chi connectivity index (χ0n) is 6.87. The first-order valence-corrected chi connectivity index (χ1v) is 3.84. The summed E-state index contributed by atoms with van der Waals surface area (Å²) in [6.07, 6.45) is -3.71. The number of halogens is 3. The van der Waals surface area contributed by atoms with Gasteiger partial charge in [0.2, 0.25) is 0 Å². The van der Waals surface area contributed by atoms with E-state index < -0.39 is 11.8 Å². The highest BCUT2D eigenvalue weighted by atomic mass is 19.4. The van der Waals surface area contributed by atoms with Gasteiger partial charge in [0.25, 0.3) is 0 Å². The summed E-state index contributed by atoms with van der Waals surface area (Å²) in [5.74, 6) is 0. The number of alkyl halides is 3. The number of hydrogen-bond donors (Lipinski definition) is 1. The van der Waals surface area contributed by atoms with Gasteiger partial charge in [-0.15, -0.1) is 0 Å². The second kappa shape index (κ2) is 3.22. The van der Waals surface area contributed by atoms with Crippen LogP contribution in [0.5, 0.6) is 0 Å². The Labute approximate surface area is 69.1 Å². The molecule has 1 rings (SSSR count). The van der Waals surface area contributed by atoms with Crippen molar-refractivity contribution in [2.45, 2.75) is 24.6 Å². The van der Waals surface area contributed by atoms with Crippen molar-refractivity contribution in [3.8, 4) is 0 Å². The molecule has 1 atom stereocenters. The molecule has 1 unspecified atom stereocenters.